The SMILES string of the molecule is C[C@@H]1CN(CC(=O)N2CC(C)(C)c3ncc(Cc4ccc(F)cc4)cc32)[C@@H](CN2CCOC[C@]2(C)CO)CN1. The number of rotatable bonds is 7. The highest BCUT2D eigenvalue weighted by Crippen LogP contribution is 2.40. The molecule has 1 aromatic carbocycles. The maximum atomic E-state index is 13.9. The van der Waals surface area contributed by atoms with Crippen LogP contribution in [0.15, 0.2) is 36.5 Å². The lowest BCUT2D eigenvalue weighted by Gasteiger charge is -2.48. The molecule has 0 bridgehead atoms. The van der Waals surface area contributed by atoms with Crippen molar-refractivity contribution in [1.82, 2.24) is 20.1 Å². The number of benzene rings is 1. The van der Waals surface area contributed by atoms with E-state index in [-0.39, 0.29) is 35.8 Å². The maximum absolute atomic E-state index is 13.9. The summed E-state index contributed by atoms with van der Waals surface area (Å²) in [6.07, 6.45) is 2.51. The molecule has 0 aliphatic carbocycles. The van der Waals surface area contributed by atoms with Gasteiger partial charge in [-0.15, -0.1) is 0 Å². The van der Waals surface area contributed by atoms with Crippen LogP contribution in [0.4, 0.5) is 10.1 Å². The smallest absolute Gasteiger partial charge is 0.241 e. The van der Waals surface area contributed by atoms with Crippen molar-refractivity contribution in [3.8, 4) is 0 Å². The first kappa shape index (κ1) is 28.1. The Labute approximate surface area is 231 Å². The molecular formula is C30H42FN5O3. The highest BCUT2D eigenvalue weighted by molar-refractivity contribution is 5.97. The molecule has 4 heterocycles. The van der Waals surface area contributed by atoms with Crippen LogP contribution in [0.1, 0.15) is 44.5 Å². The van der Waals surface area contributed by atoms with Crippen LogP contribution < -0.4 is 10.2 Å². The van der Waals surface area contributed by atoms with Gasteiger partial charge in [0.25, 0.3) is 0 Å². The van der Waals surface area contributed by atoms with Gasteiger partial charge in [0, 0.05) is 56.4 Å². The number of pyridine rings is 1. The summed E-state index contributed by atoms with van der Waals surface area (Å²) in [5, 5.41) is 13.7. The Bertz CT molecular complexity index is 1180. The lowest BCUT2D eigenvalue weighted by molar-refractivity contribution is -0.122. The monoisotopic (exact) mass is 539 g/mol. The van der Waals surface area contributed by atoms with Crippen molar-refractivity contribution in [2.75, 3.05) is 64.0 Å². The molecular weight excluding hydrogens is 497 g/mol. The highest BCUT2D eigenvalue weighted by atomic mass is 19.1. The predicted octanol–water partition coefficient (Wildman–Crippen LogP) is 2.18. The minimum atomic E-state index is -0.415. The number of hydrogen-bond donors (Lipinski definition) is 2. The Morgan fingerprint density at radius 3 is 2.74 bits per heavy atom. The molecule has 2 fully saturated rings. The van der Waals surface area contributed by atoms with Gasteiger partial charge < -0.3 is 20.1 Å². The summed E-state index contributed by atoms with van der Waals surface area (Å²) in [7, 11) is 0. The second kappa shape index (κ2) is 11.2. The third-order valence-corrected chi connectivity index (χ3v) is 8.55. The van der Waals surface area contributed by atoms with Crippen molar-refractivity contribution in [2.45, 2.75) is 57.2 Å². The fourth-order valence-corrected chi connectivity index (χ4v) is 6.14. The number of ether oxygens (including phenoxy) is 1. The van der Waals surface area contributed by atoms with E-state index in [1.54, 1.807) is 12.1 Å². The normalized spacial score (nSPS) is 27.5. The number of morpholine rings is 1. The zero-order valence-electron chi connectivity index (χ0n) is 23.6. The van der Waals surface area contributed by atoms with Crippen LogP contribution in [0.5, 0.6) is 0 Å². The number of nitrogens with zero attached hydrogens (tertiary/aromatic N) is 4. The zero-order chi connectivity index (χ0) is 27.8. The Morgan fingerprint density at radius 2 is 2.00 bits per heavy atom. The van der Waals surface area contributed by atoms with E-state index < -0.39 is 5.54 Å². The quantitative estimate of drug-likeness (QED) is 0.558. The number of nitrogens with one attached hydrogen (secondary N) is 1. The molecule has 0 saturated carbocycles. The van der Waals surface area contributed by atoms with E-state index >= 15 is 0 Å². The lowest BCUT2D eigenvalue weighted by atomic mass is 9.91. The van der Waals surface area contributed by atoms with E-state index in [0.717, 1.165) is 48.7 Å². The highest BCUT2D eigenvalue weighted by Gasteiger charge is 2.42. The standard InChI is InChI=1S/C30H42FN5O3/c1-21-15-34(25(14-32-21)16-35-9-10-39-20-30(35,4)19-37)17-27(38)36-18-29(2,3)28-26(36)12-23(13-33-28)11-22-5-7-24(31)8-6-22/h5-8,12-13,21,25,32,37H,9-11,14-20H2,1-4H3/t21-,25-,30+/m1/s1. The Morgan fingerprint density at radius 1 is 1.23 bits per heavy atom. The van der Waals surface area contributed by atoms with Gasteiger partial charge in [-0.3, -0.25) is 19.6 Å². The molecule has 212 valence electrons. The van der Waals surface area contributed by atoms with Crippen molar-refractivity contribution in [2.24, 2.45) is 0 Å². The van der Waals surface area contributed by atoms with E-state index in [1.165, 1.54) is 12.1 Å². The van der Waals surface area contributed by atoms with Crippen molar-refractivity contribution in [1.29, 1.82) is 0 Å². The second-order valence-electron chi connectivity index (χ2n) is 12.4. The number of carbonyl (C=O) groups excluding carboxylic acids is 1. The molecule has 5 rings (SSSR count). The summed E-state index contributed by atoms with van der Waals surface area (Å²) in [4.78, 5) is 25.2. The first-order valence-electron chi connectivity index (χ1n) is 14.0. The summed E-state index contributed by atoms with van der Waals surface area (Å²) in [6.45, 7) is 13.7. The van der Waals surface area contributed by atoms with E-state index in [0.29, 0.717) is 32.7 Å². The summed E-state index contributed by atoms with van der Waals surface area (Å²) >= 11 is 0. The average molecular weight is 540 g/mol. The van der Waals surface area contributed by atoms with Crippen LogP contribution in [0.25, 0.3) is 0 Å². The van der Waals surface area contributed by atoms with Crippen molar-refractivity contribution in [3.05, 3.63) is 59.2 Å². The van der Waals surface area contributed by atoms with Gasteiger partial charge in [0.15, 0.2) is 0 Å². The van der Waals surface area contributed by atoms with Gasteiger partial charge >= 0.3 is 0 Å². The lowest BCUT2D eigenvalue weighted by Crippen LogP contribution is -2.65. The third kappa shape index (κ3) is 6.02. The number of hydrogen-bond acceptors (Lipinski definition) is 7. The molecule has 2 aromatic rings. The van der Waals surface area contributed by atoms with Crippen LogP contribution in [0, 0.1) is 5.82 Å². The molecule has 2 N–H and O–H groups in total. The van der Waals surface area contributed by atoms with E-state index in [9.17, 15) is 14.3 Å². The maximum Gasteiger partial charge on any atom is 0.241 e. The van der Waals surface area contributed by atoms with Crippen molar-refractivity contribution >= 4 is 11.6 Å². The Balaban J connectivity index is 1.33. The molecule has 8 nitrogen and oxygen atoms in total. The van der Waals surface area contributed by atoms with Gasteiger partial charge in [-0.25, -0.2) is 4.39 Å². The molecule has 39 heavy (non-hydrogen) atoms. The molecule has 3 atom stereocenters. The van der Waals surface area contributed by atoms with Crippen molar-refractivity contribution in [3.63, 3.8) is 0 Å². The first-order chi connectivity index (χ1) is 18.6. The van der Waals surface area contributed by atoms with Gasteiger partial charge in [-0.05, 0) is 49.6 Å². The fraction of sp³-hybridized carbons (Fsp3) is 0.600. The minimum Gasteiger partial charge on any atom is -0.394 e. The van der Waals surface area contributed by atoms with Gasteiger partial charge in [0.1, 0.15) is 5.82 Å². The number of aliphatic hydroxyl groups is 1. The summed E-state index contributed by atoms with van der Waals surface area (Å²) in [5.74, 6) is -0.173. The summed E-state index contributed by atoms with van der Waals surface area (Å²) < 4.78 is 19.0. The Kier molecular flexibility index (Phi) is 8.08. The number of amides is 1. The summed E-state index contributed by atoms with van der Waals surface area (Å²) in [5.41, 5.74) is 3.17. The number of piperazine rings is 1. The average Bonchev–Trinajstić information content (AvgIpc) is 3.18. The molecule has 2 saturated heterocycles. The van der Waals surface area contributed by atoms with Crippen molar-refractivity contribution < 1.29 is 19.0 Å². The van der Waals surface area contributed by atoms with Gasteiger partial charge in [-0.1, -0.05) is 26.0 Å². The Hall–Kier alpha value is -2.43. The number of anilines is 1. The second-order valence-corrected chi connectivity index (χ2v) is 12.4. The third-order valence-electron chi connectivity index (χ3n) is 8.55. The fourth-order valence-electron chi connectivity index (χ4n) is 6.14. The number of aliphatic hydroxyl groups excluding tert-OH is 1. The van der Waals surface area contributed by atoms with E-state index in [2.05, 4.69) is 42.0 Å². The van der Waals surface area contributed by atoms with Crippen LogP contribution in [0.2, 0.25) is 0 Å². The first-order valence-corrected chi connectivity index (χ1v) is 14.0. The number of halogens is 1. The molecule has 0 spiro atoms. The molecule has 0 radical (unpaired) electrons. The van der Waals surface area contributed by atoms with E-state index in [4.69, 9.17) is 9.72 Å². The minimum absolute atomic E-state index is 0.0371. The van der Waals surface area contributed by atoms with Gasteiger partial charge in [-0.2, -0.15) is 0 Å². The number of fused-ring (bicyclic) bond motifs is 1. The zero-order valence-corrected chi connectivity index (χ0v) is 23.6. The van der Waals surface area contributed by atoms with Crippen LogP contribution in [0.3, 0.4) is 0 Å². The molecule has 0 unspecified atom stereocenters. The van der Waals surface area contributed by atoms with Crippen LogP contribution in [-0.2, 0) is 21.4 Å². The molecule has 3 aliphatic rings. The molecule has 9 heteroatoms. The molecule has 1 aromatic heterocycles. The van der Waals surface area contributed by atoms with Crippen LogP contribution >= 0.6 is 0 Å². The number of carbonyl (C=O) groups is 1. The number of aromatic nitrogens is 1. The topological polar surface area (TPSA) is 81.2 Å². The largest absolute Gasteiger partial charge is 0.394 e. The van der Waals surface area contributed by atoms with Gasteiger partial charge in [0.05, 0.1) is 43.3 Å². The van der Waals surface area contributed by atoms with E-state index in [1.807, 2.05) is 18.0 Å². The molecule has 3 aliphatic heterocycles. The molecule has 1 amide bonds. The summed E-state index contributed by atoms with van der Waals surface area (Å²) in [6, 6.07) is 9.03. The predicted molar refractivity (Wildman–Crippen MR) is 150 cm³/mol. The van der Waals surface area contributed by atoms with Gasteiger partial charge in [0.2, 0.25) is 5.91 Å². The van der Waals surface area contributed by atoms with Crippen LogP contribution in [-0.4, -0.2) is 103 Å².